The molecule has 0 aliphatic carbocycles. The first-order chi connectivity index (χ1) is 9.19. The Hall–Kier alpha value is -0.860. The molecule has 1 aliphatic rings. The largest absolute Gasteiger partial charge is 0.384 e. The Morgan fingerprint density at radius 2 is 2.16 bits per heavy atom. The van der Waals surface area contributed by atoms with Crippen LogP contribution < -0.4 is 0 Å². The summed E-state index contributed by atoms with van der Waals surface area (Å²) in [6, 6.07) is 2.89. The van der Waals surface area contributed by atoms with Gasteiger partial charge in [0.2, 0.25) is 0 Å². The third-order valence-electron chi connectivity index (χ3n) is 3.63. The molecule has 0 spiro atoms. The van der Waals surface area contributed by atoms with E-state index < -0.39 is 0 Å². The van der Waals surface area contributed by atoms with Gasteiger partial charge in [-0.3, -0.25) is 4.90 Å². The van der Waals surface area contributed by atoms with Crippen molar-refractivity contribution in [3.05, 3.63) is 21.9 Å². The first-order valence-corrected chi connectivity index (χ1v) is 7.63. The molecule has 3 nitrogen and oxygen atoms in total. The van der Waals surface area contributed by atoms with E-state index in [2.05, 4.69) is 47.2 Å². The molecule has 19 heavy (non-hydrogen) atoms. The summed E-state index contributed by atoms with van der Waals surface area (Å²) in [7, 11) is 4.34. The Morgan fingerprint density at radius 3 is 2.79 bits per heavy atom. The average Bonchev–Trinajstić information content (AvgIpc) is 2.84. The lowest BCUT2D eigenvalue weighted by atomic mass is 10.0. The second-order valence-electron chi connectivity index (χ2n) is 5.23. The Bertz CT molecular complexity index is 450. The number of aliphatic hydroxyl groups excluding tert-OH is 1. The summed E-state index contributed by atoms with van der Waals surface area (Å²) in [5, 5.41) is 10.8. The van der Waals surface area contributed by atoms with E-state index in [1.54, 1.807) is 11.3 Å². The zero-order valence-corrected chi connectivity index (χ0v) is 12.5. The number of hydrogen-bond acceptors (Lipinski definition) is 4. The zero-order chi connectivity index (χ0) is 13.7. The molecular weight excluding hydrogens is 256 g/mol. The molecule has 1 N–H and O–H groups in total. The van der Waals surface area contributed by atoms with Crippen molar-refractivity contribution in [2.24, 2.45) is 0 Å². The normalized spacial score (nSPS) is 17.5. The molecule has 0 amide bonds. The highest BCUT2D eigenvalue weighted by Gasteiger charge is 2.20. The van der Waals surface area contributed by atoms with Crippen LogP contribution in [0.2, 0.25) is 0 Å². The first-order valence-electron chi connectivity index (χ1n) is 6.75. The third-order valence-corrected chi connectivity index (χ3v) is 4.55. The van der Waals surface area contributed by atoms with Crippen molar-refractivity contribution in [3.8, 4) is 11.8 Å². The second-order valence-corrected chi connectivity index (χ2v) is 6.23. The summed E-state index contributed by atoms with van der Waals surface area (Å²) >= 11 is 1.76. The van der Waals surface area contributed by atoms with Gasteiger partial charge in [0.25, 0.3) is 0 Å². The number of aliphatic hydroxyl groups is 1. The molecule has 1 aromatic heterocycles. The van der Waals surface area contributed by atoms with E-state index in [0.29, 0.717) is 0 Å². The number of likely N-dealkylation sites (tertiary alicyclic amines) is 1. The van der Waals surface area contributed by atoms with Crippen LogP contribution in [-0.4, -0.2) is 54.7 Å². The van der Waals surface area contributed by atoms with E-state index in [1.807, 2.05) is 0 Å². The van der Waals surface area contributed by atoms with Crippen molar-refractivity contribution in [3.63, 3.8) is 0 Å². The van der Waals surface area contributed by atoms with Crippen LogP contribution >= 0.6 is 11.3 Å². The summed E-state index contributed by atoms with van der Waals surface area (Å²) in [6.07, 6.45) is 2.52. The Labute approximate surface area is 119 Å². The van der Waals surface area contributed by atoms with Crippen molar-refractivity contribution in [2.45, 2.75) is 25.4 Å². The molecule has 2 heterocycles. The van der Waals surface area contributed by atoms with Crippen LogP contribution in [-0.2, 0) is 6.54 Å². The second kappa shape index (κ2) is 7.06. The molecule has 0 saturated carbocycles. The van der Waals surface area contributed by atoms with Gasteiger partial charge in [-0.15, -0.1) is 11.3 Å². The SMILES string of the molecule is CN(C)C1CCN(Cc2cc(C#CCO)cs2)CC1. The van der Waals surface area contributed by atoms with Crippen LogP contribution in [0.3, 0.4) is 0 Å². The fraction of sp³-hybridized carbons (Fsp3) is 0.600. The molecule has 2 rings (SSSR count). The maximum Gasteiger partial charge on any atom is 0.104 e. The average molecular weight is 278 g/mol. The molecule has 104 valence electrons. The highest BCUT2D eigenvalue weighted by atomic mass is 32.1. The highest BCUT2D eigenvalue weighted by Crippen LogP contribution is 2.20. The predicted octanol–water partition coefficient (Wildman–Crippen LogP) is 1.62. The minimum Gasteiger partial charge on any atom is -0.384 e. The number of nitrogens with zero attached hydrogens (tertiary/aromatic N) is 2. The van der Waals surface area contributed by atoms with E-state index in [1.165, 1.54) is 30.8 Å². The zero-order valence-electron chi connectivity index (χ0n) is 11.7. The summed E-state index contributed by atoms with van der Waals surface area (Å²) < 4.78 is 0. The minimum absolute atomic E-state index is 0.0662. The maximum absolute atomic E-state index is 8.68. The first kappa shape index (κ1) is 14.5. The fourth-order valence-corrected chi connectivity index (χ4v) is 3.34. The Balaban J connectivity index is 1.84. The van der Waals surface area contributed by atoms with Crippen molar-refractivity contribution >= 4 is 11.3 Å². The van der Waals surface area contributed by atoms with Crippen molar-refractivity contribution in [2.75, 3.05) is 33.8 Å². The summed E-state index contributed by atoms with van der Waals surface area (Å²) in [6.45, 7) is 3.33. The van der Waals surface area contributed by atoms with Crippen LogP contribution in [0.25, 0.3) is 0 Å². The lowest BCUT2D eigenvalue weighted by molar-refractivity contribution is 0.141. The lowest BCUT2D eigenvalue weighted by Crippen LogP contribution is -2.41. The van der Waals surface area contributed by atoms with E-state index in [0.717, 1.165) is 18.2 Å². The molecule has 1 saturated heterocycles. The monoisotopic (exact) mass is 278 g/mol. The standard InChI is InChI=1S/C15H22N2OS/c1-16(2)14-5-7-17(8-6-14)11-15-10-13(12-19-15)4-3-9-18/h10,12,14,18H,5-9,11H2,1-2H3. The molecule has 0 unspecified atom stereocenters. The highest BCUT2D eigenvalue weighted by molar-refractivity contribution is 7.10. The molecule has 0 bridgehead atoms. The lowest BCUT2D eigenvalue weighted by Gasteiger charge is -2.34. The van der Waals surface area contributed by atoms with E-state index in [-0.39, 0.29) is 6.61 Å². The molecule has 0 atom stereocenters. The quantitative estimate of drug-likeness (QED) is 0.851. The smallest absolute Gasteiger partial charge is 0.104 e. The van der Waals surface area contributed by atoms with Gasteiger partial charge in [0.05, 0.1) is 0 Å². The van der Waals surface area contributed by atoms with Gasteiger partial charge in [-0.05, 0) is 33.0 Å². The van der Waals surface area contributed by atoms with E-state index in [4.69, 9.17) is 5.11 Å². The van der Waals surface area contributed by atoms with Crippen LogP contribution in [0.5, 0.6) is 0 Å². The number of hydrogen-bond donors (Lipinski definition) is 1. The van der Waals surface area contributed by atoms with Gasteiger partial charge in [-0.25, -0.2) is 0 Å². The van der Waals surface area contributed by atoms with E-state index >= 15 is 0 Å². The topological polar surface area (TPSA) is 26.7 Å². The van der Waals surface area contributed by atoms with Crippen LogP contribution in [0.4, 0.5) is 0 Å². The summed E-state index contributed by atoms with van der Waals surface area (Å²) in [5.74, 6) is 5.65. The van der Waals surface area contributed by atoms with Gasteiger partial charge in [0.1, 0.15) is 6.61 Å². The van der Waals surface area contributed by atoms with Gasteiger partial charge >= 0.3 is 0 Å². The van der Waals surface area contributed by atoms with Crippen LogP contribution in [0.1, 0.15) is 23.3 Å². The summed E-state index contributed by atoms with van der Waals surface area (Å²) in [5.41, 5.74) is 1.03. The van der Waals surface area contributed by atoms with Gasteiger partial charge in [-0.2, -0.15) is 0 Å². The third kappa shape index (κ3) is 4.32. The number of piperidine rings is 1. The Kier molecular flexibility index (Phi) is 5.41. The molecule has 4 heteroatoms. The Morgan fingerprint density at radius 1 is 1.42 bits per heavy atom. The molecule has 1 aliphatic heterocycles. The van der Waals surface area contributed by atoms with Crippen molar-refractivity contribution < 1.29 is 5.11 Å². The van der Waals surface area contributed by atoms with Gasteiger partial charge in [-0.1, -0.05) is 11.8 Å². The van der Waals surface area contributed by atoms with Gasteiger partial charge < -0.3 is 10.0 Å². The minimum atomic E-state index is -0.0662. The number of rotatable bonds is 3. The van der Waals surface area contributed by atoms with Crippen LogP contribution in [0, 0.1) is 11.8 Å². The number of thiophene rings is 1. The van der Waals surface area contributed by atoms with Crippen LogP contribution in [0.15, 0.2) is 11.4 Å². The molecular formula is C15H22N2OS. The predicted molar refractivity (Wildman–Crippen MR) is 80.3 cm³/mol. The molecule has 0 aromatic carbocycles. The molecule has 1 aromatic rings. The summed E-state index contributed by atoms with van der Waals surface area (Å²) in [4.78, 5) is 6.23. The molecule has 1 fully saturated rings. The van der Waals surface area contributed by atoms with Gasteiger partial charge in [0.15, 0.2) is 0 Å². The van der Waals surface area contributed by atoms with Crippen molar-refractivity contribution in [1.29, 1.82) is 0 Å². The fourth-order valence-electron chi connectivity index (χ4n) is 2.48. The van der Waals surface area contributed by atoms with Gasteiger partial charge in [0, 0.05) is 41.5 Å². The molecule has 0 radical (unpaired) electrons. The maximum atomic E-state index is 8.68. The van der Waals surface area contributed by atoms with Crippen molar-refractivity contribution in [1.82, 2.24) is 9.80 Å². The van der Waals surface area contributed by atoms with E-state index in [9.17, 15) is 0 Å².